The number of nitrogens with two attached hydrogens (primary N) is 1. The highest BCUT2D eigenvalue weighted by Gasteiger charge is 2.19. The Morgan fingerprint density at radius 3 is 3.10 bits per heavy atom. The summed E-state index contributed by atoms with van der Waals surface area (Å²) in [7, 11) is 2.09. The van der Waals surface area contributed by atoms with E-state index in [-0.39, 0.29) is 12.5 Å². The molecule has 110 valence electrons. The highest BCUT2D eigenvalue weighted by molar-refractivity contribution is 5.67. The lowest BCUT2D eigenvalue weighted by molar-refractivity contribution is -0.137. The fourth-order valence-electron chi connectivity index (χ4n) is 2.53. The van der Waals surface area contributed by atoms with E-state index < -0.39 is 12.0 Å². The zero-order chi connectivity index (χ0) is 14.5. The SMILES string of the molecule is CN1CCCC(Oc2cccc(C(N)CC(=O)O)c2)C1. The van der Waals surface area contributed by atoms with Crippen LogP contribution in [-0.2, 0) is 4.79 Å². The van der Waals surface area contributed by atoms with Crippen LogP contribution in [0.4, 0.5) is 0 Å². The maximum Gasteiger partial charge on any atom is 0.305 e. The Kier molecular flexibility index (Phi) is 4.98. The lowest BCUT2D eigenvalue weighted by atomic mass is 10.0. The minimum atomic E-state index is -0.891. The molecule has 1 saturated heterocycles. The second kappa shape index (κ2) is 6.72. The van der Waals surface area contributed by atoms with Crippen molar-refractivity contribution < 1.29 is 14.6 Å². The second-order valence-corrected chi connectivity index (χ2v) is 5.42. The number of hydrogen-bond acceptors (Lipinski definition) is 4. The van der Waals surface area contributed by atoms with Gasteiger partial charge in [0.1, 0.15) is 11.9 Å². The first-order chi connectivity index (χ1) is 9.54. The van der Waals surface area contributed by atoms with Gasteiger partial charge in [-0.15, -0.1) is 0 Å². The first-order valence-corrected chi connectivity index (χ1v) is 6.97. The summed E-state index contributed by atoms with van der Waals surface area (Å²) in [6.07, 6.45) is 2.31. The average Bonchev–Trinajstić information content (AvgIpc) is 2.38. The smallest absolute Gasteiger partial charge is 0.305 e. The Morgan fingerprint density at radius 1 is 1.60 bits per heavy atom. The lowest BCUT2D eigenvalue weighted by Gasteiger charge is -2.30. The summed E-state index contributed by atoms with van der Waals surface area (Å²) in [5.74, 6) is -0.124. The average molecular weight is 278 g/mol. The van der Waals surface area contributed by atoms with E-state index in [0.717, 1.165) is 37.2 Å². The minimum Gasteiger partial charge on any atom is -0.489 e. The predicted molar refractivity (Wildman–Crippen MR) is 76.8 cm³/mol. The van der Waals surface area contributed by atoms with E-state index in [0.29, 0.717) is 0 Å². The third kappa shape index (κ3) is 4.21. The minimum absolute atomic E-state index is 0.0738. The number of ether oxygens (including phenoxy) is 1. The summed E-state index contributed by atoms with van der Waals surface area (Å²) in [6, 6.07) is 6.95. The molecule has 0 spiro atoms. The van der Waals surface area contributed by atoms with Gasteiger partial charge in [0.2, 0.25) is 0 Å². The molecule has 1 aliphatic heterocycles. The van der Waals surface area contributed by atoms with E-state index in [1.807, 2.05) is 24.3 Å². The van der Waals surface area contributed by atoms with E-state index in [9.17, 15) is 4.79 Å². The van der Waals surface area contributed by atoms with Gasteiger partial charge in [0, 0.05) is 12.6 Å². The van der Waals surface area contributed by atoms with Crippen molar-refractivity contribution in [2.75, 3.05) is 20.1 Å². The molecule has 0 saturated carbocycles. The van der Waals surface area contributed by atoms with Crippen molar-refractivity contribution in [1.29, 1.82) is 0 Å². The molecule has 0 bridgehead atoms. The Hall–Kier alpha value is -1.59. The van der Waals surface area contributed by atoms with Gasteiger partial charge in [0.25, 0.3) is 0 Å². The molecule has 2 unspecified atom stereocenters. The van der Waals surface area contributed by atoms with Crippen molar-refractivity contribution >= 4 is 5.97 Å². The van der Waals surface area contributed by atoms with Crippen molar-refractivity contribution in [2.24, 2.45) is 5.73 Å². The zero-order valence-corrected chi connectivity index (χ0v) is 11.8. The van der Waals surface area contributed by atoms with Gasteiger partial charge < -0.3 is 20.5 Å². The van der Waals surface area contributed by atoms with Crippen LogP contribution in [0.2, 0.25) is 0 Å². The number of aliphatic carboxylic acids is 1. The Labute approximate surface area is 119 Å². The van der Waals surface area contributed by atoms with Crippen molar-refractivity contribution in [3.63, 3.8) is 0 Å². The predicted octanol–water partition coefficient (Wildman–Crippen LogP) is 1.63. The number of rotatable bonds is 5. The van der Waals surface area contributed by atoms with Gasteiger partial charge in [-0.2, -0.15) is 0 Å². The van der Waals surface area contributed by atoms with Crippen LogP contribution < -0.4 is 10.5 Å². The molecule has 3 N–H and O–H groups in total. The summed E-state index contributed by atoms with van der Waals surface area (Å²) in [5.41, 5.74) is 6.68. The van der Waals surface area contributed by atoms with E-state index in [4.69, 9.17) is 15.6 Å². The number of likely N-dealkylation sites (N-methyl/N-ethyl adjacent to an activating group) is 1. The molecule has 20 heavy (non-hydrogen) atoms. The monoisotopic (exact) mass is 278 g/mol. The highest BCUT2D eigenvalue weighted by Crippen LogP contribution is 2.22. The van der Waals surface area contributed by atoms with Crippen LogP contribution in [0.5, 0.6) is 5.75 Å². The van der Waals surface area contributed by atoms with Crippen molar-refractivity contribution in [3.8, 4) is 5.75 Å². The van der Waals surface area contributed by atoms with Gasteiger partial charge in [0.05, 0.1) is 6.42 Å². The van der Waals surface area contributed by atoms with Gasteiger partial charge >= 0.3 is 5.97 Å². The van der Waals surface area contributed by atoms with Gasteiger partial charge in [-0.3, -0.25) is 4.79 Å². The van der Waals surface area contributed by atoms with Crippen LogP contribution >= 0.6 is 0 Å². The summed E-state index contributed by atoms with van der Waals surface area (Å²) in [5, 5.41) is 8.79. The number of likely N-dealkylation sites (tertiary alicyclic amines) is 1. The standard InChI is InChI=1S/C15H22N2O3/c1-17-7-3-6-13(10-17)20-12-5-2-4-11(8-12)14(16)9-15(18)19/h2,4-5,8,13-14H,3,6-7,9-10,16H2,1H3,(H,18,19). The third-order valence-corrected chi connectivity index (χ3v) is 3.56. The Balaban J connectivity index is 2.00. The van der Waals surface area contributed by atoms with Crippen LogP contribution in [0.25, 0.3) is 0 Å². The molecule has 0 amide bonds. The van der Waals surface area contributed by atoms with Crippen LogP contribution in [0, 0.1) is 0 Å². The molecule has 5 nitrogen and oxygen atoms in total. The molecule has 2 rings (SSSR count). The molecule has 1 aromatic carbocycles. The van der Waals surface area contributed by atoms with Gasteiger partial charge in [-0.25, -0.2) is 0 Å². The topological polar surface area (TPSA) is 75.8 Å². The largest absolute Gasteiger partial charge is 0.489 e. The summed E-state index contributed by atoms with van der Waals surface area (Å²) < 4.78 is 5.98. The molecule has 1 fully saturated rings. The molecule has 5 heteroatoms. The number of nitrogens with zero attached hydrogens (tertiary/aromatic N) is 1. The summed E-state index contributed by atoms with van der Waals surface area (Å²) >= 11 is 0. The number of carboxylic acid groups (broad SMARTS) is 1. The summed E-state index contributed by atoms with van der Waals surface area (Å²) in [6.45, 7) is 2.04. The maximum atomic E-state index is 10.7. The van der Waals surface area contributed by atoms with E-state index in [1.54, 1.807) is 0 Å². The number of benzene rings is 1. The molecule has 0 radical (unpaired) electrons. The molecule has 0 aliphatic carbocycles. The normalized spacial score (nSPS) is 21.4. The van der Waals surface area contributed by atoms with Crippen molar-refractivity contribution in [3.05, 3.63) is 29.8 Å². The van der Waals surface area contributed by atoms with Gasteiger partial charge in [-0.05, 0) is 44.1 Å². The number of piperidine rings is 1. The molecular weight excluding hydrogens is 256 g/mol. The Bertz CT molecular complexity index is 464. The Morgan fingerprint density at radius 2 is 2.40 bits per heavy atom. The fraction of sp³-hybridized carbons (Fsp3) is 0.533. The van der Waals surface area contributed by atoms with E-state index in [1.165, 1.54) is 0 Å². The first-order valence-electron chi connectivity index (χ1n) is 6.97. The number of carbonyl (C=O) groups is 1. The fourth-order valence-corrected chi connectivity index (χ4v) is 2.53. The third-order valence-electron chi connectivity index (χ3n) is 3.56. The zero-order valence-electron chi connectivity index (χ0n) is 11.8. The van der Waals surface area contributed by atoms with E-state index in [2.05, 4.69) is 11.9 Å². The van der Waals surface area contributed by atoms with Crippen LogP contribution in [-0.4, -0.2) is 42.2 Å². The molecule has 0 aromatic heterocycles. The van der Waals surface area contributed by atoms with Crippen LogP contribution in [0.15, 0.2) is 24.3 Å². The van der Waals surface area contributed by atoms with Crippen molar-refractivity contribution in [1.82, 2.24) is 4.90 Å². The molecule has 1 aromatic rings. The molecule has 1 aliphatic rings. The quantitative estimate of drug-likeness (QED) is 0.856. The molecule has 2 atom stereocenters. The van der Waals surface area contributed by atoms with Gasteiger partial charge in [-0.1, -0.05) is 12.1 Å². The second-order valence-electron chi connectivity index (χ2n) is 5.42. The van der Waals surface area contributed by atoms with Crippen molar-refractivity contribution in [2.45, 2.75) is 31.4 Å². The van der Waals surface area contributed by atoms with Crippen LogP contribution in [0.3, 0.4) is 0 Å². The maximum absolute atomic E-state index is 10.7. The molecular formula is C15H22N2O3. The first kappa shape index (κ1) is 14.8. The highest BCUT2D eigenvalue weighted by atomic mass is 16.5. The van der Waals surface area contributed by atoms with Gasteiger partial charge in [0.15, 0.2) is 0 Å². The lowest BCUT2D eigenvalue weighted by Crippen LogP contribution is -2.38. The number of hydrogen-bond donors (Lipinski definition) is 2. The number of carboxylic acids is 1. The van der Waals surface area contributed by atoms with E-state index >= 15 is 0 Å². The summed E-state index contributed by atoms with van der Waals surface area (Å²) in [4.78, 5) is 13.0. The molecule has 1 heterocycles. The van der Waals surface area contributed by atoms with Crippen LogP contribution in [0.1, 0.15) is 30.9 Å².